The van der Waals surface area contributed by atoms with Crippen molar-refractivity contribution in [1.29, 1.82) is 0 Å². The second kappa shape index (κ2) is 8.94. The Labute approximate surface area is 150 Å². The van der Waals surface area contributed by atoms with E-state index in [0.717, 1.165) is 0 Å². The van der Waals surface area contributed by atoms with Gasteiger partial charge in [0.25, 0.3) is 0 Å². The summed E-state index contributed by atoms with van der Waals surface area (Å²) in [5.74, 6) is -0.126. The second-order valence-corrected chi connectivity index (χ2v) is 6.45. The van der Waals surface area contributed by atoms with Gasteiger partial charge in [-0.3, -0.25) is 9.59 Å². The minimum atomic E-state index is -0.792. The van der Waals surface area contributed by atoms with Crippen LogP contribution in [0.1, 0.15) is 25.7 Å². The molecule has 130 valence electrons. The largest absolute Gasteiger partial charge is 0.491 e. The van der Waals surface area contributed by atoms with E-state index in [9.17, 15) is 9.59 Å². The number of carbonyl (C=O) groups is 2. The number of hydrogen-bond acceptors (Lipinski definition) is 3. The van der Waals surface area contributed by atoms with Crippen LogP contribution in [0.15, 0.2) is 30.4 Å². The van der Waals surface area contributed by atoms with E-state index < -0.39 is 5.97 Å². The first-order valence-electron chi connectivity index (χ1n) is 7.71. The molecule has 0 aromatic heterocycles. The predicted molar refractivity (Wildman–Crippen MR) is 92.7 cm³/mol. The lowest BCUT2D eigenvalue weighted by Gasteiger charge is -2.39. The van der Waals surface area contributed by atoms with Gasteiger partial charge < -0.3 is 14.7 Å². The summed E-state index contributed by atoms with van der Waals surface area (Å²) >= 11 is 11.8. The molecular formula is C17H19Cl2NO4. The van der Waals surface area contributed by atoms with Crippen molar-refractivity contribution in [2.75, 3.05) is 13.2 Å². The van der Waals surface area contributed by atoms with Gasteiger partial charge in [0.2, 0.25) is 5.91 Å². The standard InChI is InChI=1S/C17H19Cl2NO4/c18-12-7-13(19)9-15(8-12)24-11-14-10-16(21)20(14)6-4-2-1-3-5-17(22)23/h2,4,7-9,14H,1,3,5-6,10-11H2,(H,22,23)/t14-/m1/s1. The normalized spacial score (nSPS) is 17.2. The summed E-state index contributed by atoms with van der Waals surface area (Å²) in [6, 6.07) is 5.02. The van der Waals surface area contributed by atoms with E-state index in [4.69, 9.17) is 33.0 Å². The van der Waals surface area contributed by atoms with Gasteiger partial charge in [-0.05, 0) is 31.0 Å². The second-order valence-electron chi connectivity index (χ2n) is 5.58. The lowest BCUT2D eigenvalue weighted by molar-refractivity contribution is -0.146. The van der Waals surface area contributed by atoms with Crippen molar-refractivity contribution in [3.8, 4) is 5.75 Å². The highest BCUT2D eigenvalue weighted by Crippen LogP contribution is 2.26. The fraction of sp³-hybridized carbons (Fsp3) is 0.412. The van der Waals surface area contributed by atoms with Gasteiger partial charge in [-0.1, -0.05) is 35.4 Å². The number of benzene rings is 1. The molecule has 1 N–H and O–H groups in total. The van der Waals surface area contributed by atoms with Crippen molar-refractivity contribution in [1.82, 2.24) is 4.90 Å². The maximum absolute atomic E-state index is 11.7. The number of rotatable bonds is 9. The Morgan fingerprint density at radius 1 is 1.29 bits per heavy atom. The van der Waals surface area contributed by atoms with Crippen molar-refractivity contribution in [3.05, 3.63) is 40.4 Å². The monoisotopic (exact) mass is 371 g/mol. The van der Waals surface area contributed by atoms with E-state index in [1.54, 1.807) is 23.1 Å². The molecule has 1 aromatic carbocycles. The highest BCUT2D eigenvalue weighted by Gasteiger charge is 2.35. The molecule has 7 heteroatoms. The molecule has 1 amide bonds. The Bertz CT molecular complexity index is 613. The first-order valence-corrected chi connectivity index (χ1v) is 8.46. The summed E-state index contributed by atoms with van der Waals surface area (Å²) < 4.78 is 5.67. The molecule has 2 rings (SSSR count). The maximum atomic E-state index is 11.7. The Morgan fingerprint density at radius 2 is 2.00 bits per heavy atom. The van der Waals surface area contributed by atoms with Crippen LogP contribution in [0.4, 0.5) is 0 Å². The summed E-state index contributed by atoms with van der Waals surface area (Å²) in [5, 5.41) is 9.56. The van der Waals surface area contributed by atoms with Crippen LogP contribution in [-0.2, 0) is 9.59 Å². The third-order valence-electron chi connectivity index (χ3n) is 3.68. The molecule has 0 radical (unpaired) electrons. The molecule has 0 unspecified atom stereocenters. The van der Waals surface area contributed by atoms with Gasteiger partial charge in [0.15, 0.2) is 0 Å². The summed E-state index contributed by atoms with van der Waals surface area (Å²) in [6.07, 6.45) is 5.70. The van der Waals surface area contributed by atoms with Crippen LogP contribution in [0.2, 0.25) is 10.0 Å². The molecule has 1 aliphatic heterocycles. The van der Waals surface area contributed by atoms with Crippen molar-refractivity contribution >= 4 is 35.1 Å². The summed E-state index contributed by atoms with van der Waals surface area (Å²) in [6.45, 7) is 0.894. The number of β-lactam (4-membered cyclic amide) rings is 1. The fourth-order valence-corrected chi connectivity index (χ4v) is 2.91. The van der Waals surface area contributed by atoms with E-state index in [1.165, 1.54) is 0 Å². The lowest BCUT2D eigenvalue weighted by atomic mass is 10.0. The van der Waals surface area contributed by atoms with E-state index in [1.807, 2.05) is 12.2 Å². The van der Waals surface area contributed by atoms with Gasteiger partial charge in [0, 0.05) is 23.0 Å². The molecule has 1 aliphatic rings. The maximum Gasteiger partial charge on any atom is 0.303 e. The highest BCUT2D eigenvalue weighted by atomic mass is 35.5. The van der Waals surface area contributed by atoms with Crippen LogP contribution in [0.3, 0.4) is 0 Å². The minimum absolute atomic E-state index is 0.0268. The van der Waals surface area contributed by atoms with Crippen LogP contribution in [0, 0.1) is 0 Å². The average molecular weight is 372 g/mol. The Morgan fingerprint density at radius 3 is 2.62 bits per heavy atom. The van der Waals surface area contributed by atoms with E-state index in [0.29, 0.717) is 48.2 Å². The van der Waals surface area contributed by atoms with Crippen LogP contribution in [0.25, 0.3) is 0 Å². The molecule has 0 saturated carbocycles. The van der Waals surface area contributed by atoms with Crippen LogP contribution < -0.4 is 4.74 Å². The van der Waals surface area contributed by atoms with E-state index >= 15 is 0 Å². The molecule has 1 saturated heterocycles. The van der Waals surface area contributed by atoms with Gasteiger partial charge in [0.1, 0.15) is 12.4 Å². The first kappa shape index (κ1) is 18.6. The first-order chi connectivity index (χ1) is 11.5. The number of amides is 1. The summed E-state index contributed by atoms with van der Waals surface area (Å²) in [7, 11) is 0. The van der Waals surface area contributed by atoms with E-state index in [-0.39, 0.29) is 18.4 Å². The van der Waals surface area contributed by atoms with Gasteiger partial charge in [-0.15, -0.1) is 0 Å². The number of carboxylic acids is 1. The Kier molecular flexibility index (Phi) is 6.94. The number of carboxylic acid groups (broad SMARTS) is 1. The average Bonchev–Trinajstić information content (AvgIpc) is 2.49. The minimum Gasteiger partial charge on any atom is -0.491 e. The molecule has 0 bridgehead atoms. The van der Waals surface area contributed by atoms with Crippen LogP contribution >= 0.6 is 23.2 Å². The molecule has 5 nitrogen and oxygen atoms in total. The van der Waals surface area contributed by atoms with Crippen LogP contribution in [0.5, 0.6) is 5.75 Å². The third-order valence-corrected chi connectivity index (χ3v) is 4.12. The smallest absolute Gasteiger partial charge is 0.303 e. The number of halogens is 2. The molecule has 24 heavy (non-hydrogen) atoms. The van der Waals surface area contributed by atoms with Crippen molar-refractivity contribution in [3.63, 3.8) is 0 Å². The third kappa shape index (κ3) is 5.73. The zero-order valence-corrected chi connectivity index (χ0v) is 14.6. The molecule has 1 aromatic rings. The fourth-order valence-electron chi connectivity index (χ4n) is 2.40. The van der Waals surface area contributed by atoms with Gasteiger partial charge >= 0.3 is 5.97 Å². The summed E-state index contributed by atoms with van der Waals surface area (Å²) in [5.41, 5.74) is 0. The molecule has 1 atom stereocenters. The molecule has 0 aliphatic carbocycles. The van der Waals surface area contributed by atoms with Gasteiger partial charge in [-0.2, -0.15) is 0 Å². The van der Waals surface area contributed by atoms with Crippen LogP contribution in [-0.4, -0.2) is 41.1 Å². The number of carbonyl (C=O) groups excluding carboxylic acids is 1. The quantitative estimate of drug-likeness (QED) is 0.407. The number of likely N-dealkylation sites (tertiary alicyclic amines) is 1. The Balaban J connectivity index is 1.74. The highest BCUT2D eigenvalue weighted by molar-refractivity contribution is 6.34. The number of nitrogens with zero attached hydrogens (tertiary/aromatic N) is 1. The topological polar surface area (TPSA) is 66.8 Å². The Hall–Kier alpha value is -1.72. The van der Waals surface area contributed by atoms with Crippen molar-refractivity contribution in [2.24, 2.45) is 0 Å². The number of ether oxygens (including phenoxy) is 1. The van der Waals surface area contributed by atoms with Gasteiger partial charge in [0.05, 0.1) is 12.5 Å². The lowest BCUT2D eigenvalue weighted by Crippen LogP contribution is -2.55. The van der Waals surface area contributed by atoms with Crippen molar-refractivity contribution < 1.29 is 19.4 Å². The SMILES string of the molecule is O=C(O)CCCC=CCN1C(=O)C[C@@H]1COc1cc(Cl)cc(Cl)c1. The molecular weight excluding hydrogens is 353 g/mol. The summed E-state index contributed by atoms with van der Waals surface area (Å²) in [4.78, 5) is 23.8. The number of hydrogen-bond donors (Lipinski definition) is 1. The van der Waals surface area contributed by atoms with Gasteiger partial charge in [-0.25, -0.2) is 0 Å². The number of aliphatic carboxylic acids is 1. The molecule has 0 spiro atoms. The number of unbranched alkanes of at least 4 members (excludes halogenated alkanes) is 1. The molecule has 1 heterocycles. The molecule has 1 fully saturated rings. The van der Waals surface area contributed by atoms with E-state index in [2.05, 4.69) is 0 Å². The number of allylic oxidation sites excluding steroid dienone is 1. The zero-order chi connectivity index (χ0) is 17.5. The van der Waals surface area contributed by atoms with Crippen molar-refractivity contribution in [2.45, 2.75) is 31.7 Å². The zero-order valence-electron chi connectivity index (χ0n) is 13.1. The predicted octanol–water partition coefficient (Wildman–Crippen LogP) is 3.78.